The molecular formula is C9H10NO2S. The lowest BCUT2D eigenvalue weighted by Gasteiger charge is -2.04. The smallest absolute Gasteiger partial charge is 0.235 e. The van der Waals surface area contributed by atoms with Crippen molar-refractivity contribution in [1.82, 2.24) is 0 Å². The van der Waals surface area contributed by atoms with E-state index in [1.54, 1.807) is 25.3 Å². The Labute approximate surface area is 82.5 Å². The molecule has 0 saturated heterocycles. The van der Waals surface area contributed by atoms with Crippen LogP contribution in [0.2, 0.25) is 0 Å². The molecule has 0 heterocycles. The number of methoxy groups -OCH3 is 1. The fourth-order valence-electron chi connectivity index (χ4n) is 0.898. The zero-order valence-corrected chi connectivity index (χ0v) is 8.06. The molecule has 69 valence electrons. The van der Waals surface area contributed by atoms with Crippen molar-refractivity contribution in [3.63, 3.8) is 0 Å². The molecule has 0 atom stereocenters. The fraction of sp³-hybridized carbons (Fsp3) is 0.222. The van der Waals surface area contributed by atoms with E-state index >= 15 is 0 Å². The molecule has 4 heteroatoms. The zero-order chi connectivity index (χ0) is 9.68. The van der Waals surface area contributed by atoms with Gasteiger partial charge in [0.15, 0.2) is 0 Å². The summed E-state index contributed by atoms with van der Waals surface area (Å²) < 4.78 is 4.99. The number of rotatable bonds is 3. The quantitative estimate of drug-likeness (QED) is 0.801. The van der Waals surface area contributed by atoms with E-state index in [0.29, 0.717) is 11.4 Å². The second kappa shape index (κ2) is 4.77. The standard InChI is InChI=1S/C9H10NO2S/c1-12-8-4-2-3-7(5-8)10-9(11)6-13/h2-5H,6H2,1H3,(H,10,11). The third-order valence-corrected chi connectivity index (χ3v) is 1.75. The molecule has 0 aliphatic rings. The number of anilines is 1. The van der Waals surface area contributed by atoms with E-state index in [-0.39, 0.29) is 11.7 Å². The summed E-state index contributed by atoms with van der Waals surface area (Å²) in [6.07, 6.45) is 0. The summed E-state index contributed by atoms with van der Waals surface area (Å²) in [5, 5.41) is 2.64. The Bertz CT molecular complexity index is 301. The van der Waals surface area contributed by atoms with Crippen molar-refractivity contribution in [3.05, 3.63) is 24.3 Å². The van der Waals surface area contributed by atoms with Gasteiger partial charge in [0.1, 0.15) is 5.75 Å². The molecule has 3 nitrogen and oxygen atoms in total. The Morgan fingerprint density at radius 1 is 1.62 bits per heavy atom. The molecule has 0 aromatic heterocycles. The van der Waals surface area contributed by atoms with Crippen molar-refractivity contribution in [1.29, 1.82) is 0 Å². The minimum atomic E-state index is -0.178. The van der Waals surface area contributed by atoms with E-state index < -0.39 is 0 Å². The monoisotopic (exact) mass is 196 g/mol. The number of benzene rings is 1. The number of ether oxygens (including phenoxy) is 1. The fourth-order valence-corrected chi connectivity index (χ4v) is 0.970. The van der Waals surface area contributed by atoms with Crippen LogP contribution in [0.15, 0.2) is 24.3 Å². The first-order chi connectivity index (χ1) is 6.26. The maximum atomic E-state index is 10.9. The van der Waals surface area contributed by atoms with Crippen LogP contribution >= 0.6 is 12.6 Å². The molecule has 0 fully saturated rings. The number of hydrogen-bond donors (Lipinski definition) is 1. The van der Waals surface area contributed by atoms with Gasteiger partial charge in [0.2, 0.25) is 5.91 Å². The number of carbonyl (C=O) groups excluding carboxylic acids is 1. The summed E-state index contributed by atoms with van der Waals surface area (Å²) >= 11 is 4.59. The van der Waals surface area contributed by atoms with Crippen molar-refractivity contribution in [2.75, 3.05) is 18.2 Å². The van der Waals surface area contributed by atoms with Gasteiger partial charge < -0.3 is 10.1 Å². The largest absolute Gasteiger partial charge is 0.497 e. The average molecular weight is 196 g/mol. The van der Waals surface area contributed by atoms with Crippen LogP contribution < -0.4 is 10.1 Å². The predicted molar refractivity (Wildman–Crippen MR) is 54.1 cm³/mol. The SMILES string of the molecule is COc1cccc(NC(=O)C[S])c1. The Morgan fingerprint density at radius 2 is 2.38 bits per heavy atom. The zero-order valence-electron chi connectivity index (χ0n) is 7.24. The molecule has 1 amide bonds. The van der Waals surface area contributed by atoms with Crippen molar-refractivity contribution >= 4 is 24.2 Å². The molecule has 1 aromatic carbocycles. The topological polar surface area (TPSA) is 38.3 Å². The minimum Gasteiger partial charge on any atom is -0.497 e. The first-order valence-electron chi connectivity index (χ1n) is 3.78. The van der Waals surface area contributed by atoms with Crippen LogP contribution in [0.1, 0.15) is 0 Å². The number of hydrogen-bond acceptors (Lipinski definition) is 2. The maximum Gasteiger partial charge on any atom is 0.235 e. The average Bonchev–Trinajstić information content (AvgIpc) is 2.18. The Morgan fingerprint density at radius 3 is 3.00 bits per heavy atom. The van der Waals surface area contributed by atoms with Gasteiger partial charge in [0.05, 0.1) is 12.9 Å². The summed E-state index contributed by atoms with van der Waals surface area (Å²) in [6.45, 7) is 0. The van der Waals surface area contributed by atoms with Crippen molar-refractivity contribution in [3.8, 4) is 5.75 Å². The predicted octanol–water partition coefficient (Wildman–Crippen LogP) is 1.83. The molecule has 1 radical (unpaired) electrons. The first-order valence-corrected chi connectivity index (χ1v) is 4.36. The second-order valence-electron chi connectivity index (χ2n) is 2.42. The van der Waals surface area contributed by atoms with Crippen LogP contribution in [-0.2, 0) is 4.79 Å². The summed E-state index contributed by atoms with van der Waals surface area (Å²) in [4.78, 5) is 10.9. The Balaban J connectivity index is 2.71. The van der Waals surface area contributed by atoms with E-state index in [9.17, 15) is 4.79 Å². The summed E-state index contributed by atoms with van der Waals surface area (Å²) in [5.41, 5.74) is 0.703. The molecule has 0 spiro atoms. The number of nitrogens with one attached hydrogen (secondary N) is 1. The molecule has 0 saturated carbocycles. The summed E-state index contributed by atoms with van der Waals surface area (Å²) in [5.74, 6) is 0.599. The van der Waals surface area contributed by atoms with Crippen LogP contribution in [-0.4, -0.2) is 18.8 Å². The third-order valence-electron chi connectivity index (χ3n) is 1.48. The lowest BCUT2D eigenvalue weighted by molar-refractivity contribution is -0.113. The van der Waals surface area contributed by atoms with Crippen LogP contribution in [0.3, 0.4) is 0 Å². The van der Waals surface area contributed by atoms with E-state index in [1.807, 2.05) is 6.07 Å². The Hall–Kier alpha value is -1.16. The van der Waals surface area contributed by atoms with Crippen LogP contribution in [0.25, 0.3) is 0 Å². The van der Waals surface area contributed by atoms with E-state index in [2.05, 4.69) is 17.9 Å². The minimum absolute atomic E-state index is 0.0667. The number of amides is 1. The lowest BCUT2D eigenvalue weighted by atomic mass is 10.3. The number of carbonyl (C=O) groups is 1. The molecular weight excluding hydrogens is 186 g/mol. The first kappa shape index (κ1) is 9.92. The molecule has 1 N–H and O–H groups in total. The molecule has 13 heavy (non-hydrogen) atoms. The highest BCUT2D eigenvalue weighted by Gasteiger charge is 1.99. The molecule has 0 unspecified atom stereocenters. The summed E-state index contributed by atoms with van der Waals surface area (Å²) in [7, 11) is 1.58. The van der Waals surface area contributed by atoms with Gasteiger partial charge in [-0.1, -0.05) is 18.7 Å². The van der Waals surface area contributed by atoms with Crippen molar-refractivity contribution in [2.24, 2.45) is 0 Å². The normalized spacial score (nSPS) is 9.38. The van der Waals surface area contributed by atoms with E-state index in [0.717, 1.165) is 0 Å². The van der Waals surface area contributed by atoms with Crippen LogP contribution in [0.4, 0.5) is 5.69 Å². The maximum absolute atomic E-state index is 10.9. The highest BCUT2D eigenvalue weighted by atomic mass is 32.1. The highest BCUT2D eigenvalue weighted by Crippen LogP contribution is 2.16. The molecule has 0 aliphatic heterocycles. The summed E-state index contributed by atoms with van der Waals surface area (Å²) in [6, 6.07) is 7.13. The van der Waals surface area contributed by atoms with Crippen LogP contribution in [0.5, 0.6) is 5.75 Å². The van der Waals surface area contributed by atoms with E-state index in [4.69, 9.17) is 4.74 Å². The van der Waals surface area contributed by atoms with Crippen molar-refractivity contribution in [2.45, 2.75) is 0 Å². The Kier molecular flexibility index (Phi) is 3.64. The van der Waals surface area contributed by atoms with Gasteiger partial charge in [-0.15, -0.1) is 0 Å². The highest BCUT2D eigenvalue weighted by molar-refractivity contribution is 7.81. The second-order valence-corrected chi connectivity index (χ2v) is 2.71. The van der Waals surface area contributed by atoms with Gasteiger partial charge in [-0.05, 0) is 12.1 Å². The van der Waals surface area contributed by atoms with Crippen molar-refractivity contribution < 1.29 is 9.53 Å². The van der Waals surface area contributed by atoms with Gasteiger partial charge in [-0.2, -0.15) is 0 Å². The molecule has 0 aliphatic carbocycles. The van der Waals surface area contributed by atoms with Gasteiger partial charge in [-0.25, -0.2) is 0 Å². The van der Waals surface area contributed by atoms with Gasteiger partial charge in [0, 0.05) is 11.8 Å². The van der Waals surface area contributed by atoms with Gasteiger partial charge >= 0.3 is 0 Å². The third kappa shape index (κ3) is 2.99. The van der Waals surface area contributed by atoms with Gasteiger partial charge in [0.25, 0.3) is 0 Å². The molecule has 1 rings (SSSR count). The van der Waals surface area contributed by atoms with Crippen LogP contribution in [0, 0.1) is 0 Å². The lowest BCUT2D eigenvalue weighted by Crippen LogP contribution is -2.12. The van der Waals surface area contributed by atoms with Gasteiger partial charge in [-0.3, -0.25) is 4.79 Å². The molecule has 1 aromatic rings. The van der Waals surface area contributed by atoms with E-state index in [1.165, 1.54) is 0 Å². The molecule has 0 bridgehead atoms.